The van der Waals surface area contributed by atoms with Crippen molar-refractivity contribution in [1.29, 1.82) is 0 Å². The van der Waals surface area contributed by atoms with Gasteiger partial charge in [0.15, 0.2) is 0 Å². The second-order valence-electron chi connectivity index (χ2n) is 6.34. The third-order valence-corrected chi connectivity index (χ3v) is 4.11. The number of hydrogen-bond acceptors (Lipinski definition) is 2. The van der Waals surface area contributed by atoms with Crippen LogP contribution in [0, 0.1) is 19.8 Å². The summed E-state index contributed by atoms with van der Waals surface area (Å²) < 4.78 is 2.05. The fourth-order valence-electron chi connectivity index (χ4n) is 2.92. The lowest BCUT2D eigenvalue weighted by molar-refractivity contribution is -0.131. The standard InChI is InChI=1S/C16H27N3O/c1-12(2)11-19-14(4)15(13(3)17-19)10-16(20)18-8-6-5-7-9-18/h12H,5-11H2,1-4H3. The minimum Gasteiger partial charge on any atom is -0.342 e. The van der Waals surface area contributed by atoms with Crippen molar-refractivity contribution in [2.45, 2.75) is 59.9 Å². The van der Waals surface area contributed by atoms with Crippen LogP contribution in [0.1, 0.15) is 50.1 Å². The summed E-state index contributed by atoms with van der Waals surface area (Å²) >= 11 is 0. The van der Waals surface area contributed by atoms with E-state index in [4.69, 9.17) is 0 Å². The Bertz CT molecular complexity index is 470. The predicted molar refractivity (Wildman–Crippen MR) is 80.7 cm³/mol. The highest BCUT2D eigenvalue weighted by Gasteiger charge is 2.20. The molecule has 0 saturated carbocycles. The number of aromatic nitrogens is 2. The van der Waals surface area contributed by atoms with E-state index in [1.807, 2.05) is 11.8 Å². The first-order chi connectivity index (χ1) is 9.49. The van der Waals surface area contributed by atoms with Crippen LogP contribution in [0.25, 0.3) is 0 Å². The van der Waals surface area contributed by atoms with E-state index in [1.165, 1.54) is 6.42 Å². The third-order valence-electron chi connectivity index (χ3n) is 4.11. The number of likely N-dealkylation sites (tertiary alicyclic amines) is 1. The van der Waals surface area contributed by atoms with Crippen LogP contribution in [-0.4, -0.2) is 33.7 Å². The summed E-state index contributed by atoms with van der Waals surface area (Å²) in [6.45, 7) is 11.3. The SMILES string of the molecule is Cc1nn(CC(C)C)c(C)c1CC(=O)N1CCCCC1. The Morgan fingerprint density at radius 2 is 1.85 bits per heavy atom. The molecule has 1 aliphatic heterocycles. The molecule has 0 aromatic carbocycles. The maximum atomic E-state index is 12.4. The zero-order valence-electron chi connectivity index (χ0n) is 13.3. The normalized spacial score (nSPS) is 15.9. The molecule has 4 nitrogen and oxygen atoms in total. The molecular formula is C16H27N3O. The minimum atomic E-state index is 0.264. The number of hydrogen-bond donors (Lipinski definition) is 0. The maximum Gasteiger partial charge on any atom is 0.227 e. The molecule has 1 amide bonds. The molecule has 0 N–H and O–H groups in total. The molecule has 2 heterocycles. The summed E-state index contributed by atoms with van der Waals surface area (Å²) in [6.07, 6.45) is 4.07. The largest absolute Gasteiger partial charge is 0.342 e. The van der Waals surface area contributed by atoms with Gasteiger partial charge in [0.25, 0.3) is 0 Å². The van der Waals surface area contributed by atoms with Gasteiger partial charge in [0, 0.05) is 30.9 Å². The van der Waals surface area contributed by atoms with E-state index < -0.39 is 0 Å². The van der Waals surface area contributed by atoms with Gasteiger partial charge in [-0.3, -0.25) is 9.48 Å². The molecule has 0 unspecified atom stereocenters. The van der Waals surface area contributed by atoms with Crippen LogP contribution >= 0.6 is 0 Å². The quantitative estimate of drug-likeness (QED) is 0.848. The van der Waals surface area contributed by atoms with Crippen molar-refractivity contribution in [3.63, 3.8) is 0 Å². The van der Waals surface area contributed by atoms with Gasteiger partial charge in [0.05, 0.1) is 12.1 Å². The highest BCUT2D eigenvalue weighted by atomic mass is 16.2. The van der Waals surface area contributed by atoms with Crippen LogP contribution < -0.4 is 0 Å². The van der Waals surface area contributed by atoms with Gasteiger partial charge in [-0.05, 0) is 39.0 Å². The van der Waals surface area contributed by atoms with Crippen molar-refractivity contribution >= 4 is 5.91 Å². The Morgan fingerprint density at radius 1 is 1.20 bits per heavy atom. The molecule has 1 aliphatic rings. The highest BCUT2D eigenvalue weighted by Crippen LogP contribution is 2.17. The first kappa shape index (κ1) is 15.1. The Balaban J connectivity index is 2.08. The van der Waals surface area contributed by atoms with Gasteiger partial charge in [-0.1, -0.05) is 13.8 Å². The predicted octanol–water partition coefficient (Wildman–Crippen LogP) is 2.71. The topological polar surface area (TPSA) is 38.1 Å². The van der Waals surface area contributed by atoms with Crippen LogP contribution in [0.4, 0.5) is 0 Å². The molecule has 2 rings (SSSR count). The Labute approximate surface area is 122 Å². The highest BCUT2D eigenvalue weighted by molar-refractivity contribution is 5.79. The fraction of sp³-hybridized carbons (Fsp3) is 0.750. The summed E-state index contributed by atoms with van der Waals surface area (Å²) in [5.74, 6) is 0.832. The van der Waals surface area contributed by atoms with E-state index in [0.29, 0.717) is 12.3 Å². The number of piperidine rings is 1. The van der Waals surface area contributed by atoms with Crippen molar-refractivity contribution in [3.05, 3.63) is 17.0 Å². The van der Waals surface area contributed by atoms with E-state index in [-0.39, 0.29) is 5.91 Å². The maximum absolute atomic E-state index is 12.4. The lowest BCUT2D eigenvalue weighted by atomic mass is 10.1. The molecule has 0 bridgehead atoms. The van der Waals surface area contributed by atoms with Crippen LogP contribution in [0.3, 0.4) is 0 Å². The van der Waals surface area contributed by atoms with Gasteiger partial charge in [-0.2, -0.15) is 5.10 Å². The molecule has 1 fully saturated rings. The second kappa shape index (κ2) is 6.42. The van der Waals surface area contributed by atoms with Crippen LogP contribution in [0.5, 0.6) is 0 Å². The van der Waals surface area contributed by atoms with Gasteiger partial charge in [-0.25, -0.2) is 0 Å². The van der Waals surface area contributed by atoms with Crippen molar-refractivity contribution in [1.82, 2.24) is 14.7 Å². The molecule has 0 atom stereocenters. The van der Waals surface area contributed by atoms with E-state index in [9.17, 15) is 4.79 Å². The first-order valence-corrected chi connectivity index (χ1v) is 7.79. The van der Waals surface area contributed by atoms with Crippen molar-refractivity contribution < 1.29 is 4.79 Å². The number of rotatable bonds is 4. The molecule has 112 valence electrons. The average Bonchev–Trinajstić information content (AvgIpc) is 2.66. The monoisotopic (exact) mass is 277 g/mol. The molecule has 1 aromatic heterocycles. The number of aryl methyl sites for hydroxylation is 1. The van der Waals surface area contributed by atoms with Crippen LogP contribution in [0.15, 0.2) is 0 Å². The molecule has 1 aromatic rings. The summed E-state index contributed by atoms with van der Waals surface area (Å²) in [4.78, 5) is 14.4. The zero-order chi connectivity index (χ0) is 14.7. The van der Waals surface area contributed by atoms with Crippen molar-refractivity contribution in [3.8, 4) is 0 Å². The van der Waals surface area contributed by atoms with Gasteiger partial charge in [0.2, 0.25) is 5.91 Å². The van der Waals surface area contributed by atoms with E-state index in [2.05, 4.69) is 30.6 Å². The average molecular weight is 277 g/mol. The van der Waals surface area contributed by atoms with Gasteiger partial charge >= 0.3 is 0 Å². The molecule has 1 saturated heterocycles. The van der Waals surface area contributed by atoms with Gasteiger partial charge in [0.1, 0.15) is 0 Å². The summed E-state index contributed by atoms with van der Waals surface area (Å²) in [5, 5.41) is 4.59. The summed E-state index contributed by atoms with van der Waals surface area (Å²) in [5.41, 5.74) is 3.29. The van der Waals surface area contributed by atoms with E-state index >= 15 is 0 Å². The Hall–Kier alpha value is -1.32. The van der Waals surface area contributed by atoms with E-state index in [0.717, 1.165) is 49.4 Å². The van der Waals surface area contributed by atoms with Gasteiger partial charge in [-0.15, -0.1) is 0 Å². The van der Waals surface area contributed by atoms with Gasteiger partial charge < -0.3 is 4.90 Å². The first-order valence-electron chi connectivity index (χ1n) is 7.79. The number of nitrogens with zero attached hydrogens (tertiary/aromatic N) is 3. The summed E-state index contributed by atoms with van der Waals surface area (Å²) in [6, 6.07) is 0. The minimum absolute atomic E-state index is 0.264. The molecule has 0 spiro atoms. The molecule has 0 radical (unpaired) electrons. The van der Waals surface area contributed by atoms with E-state index in [1.54, 1.807) is 0 Å². The smallest absolute Gasteiger partial charge is 0.227 e. The molecule has 0 aliphatic carbocycles. The number of carbonyl (C=O) groups excluding carboxylic acids is 1. The Kier molecular flexibility index (Phi) is 4.84. The molecular weight excluding hydrogens is 250 g/mol. The number of amides is 1. The lowest BCUT2D eigenvalue weighted by Gasteiger charge is -2.26. The summed E-state index contributed by atoms with van der Waals surface area (Å²) in [7, 11) is 0. The number of carbonyl (C=O) groups is 1. The third kappa shape index (κ3) is 3.41. The zero-order valence-corrected chi connectivity index (χ0v) is 13.3. The lowest BCUT2D eigenvalue weighted by Crippen LogP contribution is -2.36. The molecule has 20 heavy (non-hydrogen) atoms. The molecule has 4 heteroatoms. The van der Waals surface area contributed by atoms with Crippen LogP contribution in [-0.2, 0) is 17.8 Å². The van der Waals surface area contributed by atoms with Crippen molar-refractivity contribution in [2.24, 2.45) is 5.92 Å². The van der Waals surface area contributed by atoms with Crippen molar-refractivity contribution in [2.75, 3.05) is 13.1 Å². The Morgan fingerprint density at radius 3 is 2.45 bits per heavy atom. The van der Waals surface area contributed by atoms with Crippen LogP contribution in [0.2, 0.25) is 0 Å². The second-order valence-corrected chi connectivity index (χ2v) is 6.34. The fourth-order valence-corrected chi connectivity index (χ4v) is 2.92.